The number of nitrogens with zero attached hydrogens (tertiary/aromatic N) is 1. The molecule has 0 fully saturated rings. The fourth-order valence-corrected chi connectivity index (χ4v) is 1.32. The van der Waals surface area contributed by atoms with E-state index in [0.717, 1.165) is 11.3 Å². The lowest BCUT2D eigenvalue weighted by molar-refractivity contribution is -0.385. The van der Waals surface area contributed by atoms with Crippen LogP contribution in [-0.4, -0.2) is 12.0 Å². The van der Waals surface area contributed by atoms with Crippen molar-refractivity contribution in [1.29, 1.82) is 0 Å². The second-order valence-electron chi connectivity index (χ2n) is 3.00. The normalized spacial score (nSPS) is 9.93. The number of benzene rings is 1. The molecule has 0 saturated heterocycles. The minimum atomic E-state index is -0.394. The average molecular weight is 195 g/mol. The van der Waals surface area contributed by atoms with Gasteiger partial charge in [-0.15, -0.1) is 0 Å². The van der Waals surface area contributed by atoms with Gasteiger partial charge in [0.25, 0.3) is 5.69 Å². The van der Waals surface area contributed by atoms with E-state index in [1.807, 2.05) is 6.07 Å². The van der Waals surface area contributed by atoms with Crippen LogP contribution in [-0.2, 0) is 6.54 Å². The molecule has 76 valence electrons. The number of nitro groups is 1. The van der Waals surface area contributed by atoms with E-state index in [4.69, 9.17) is 5.73 Å². The molecule has 0 aliphatic rings. The standard InChI is InChI=1S/C9H13N3O2/c1-6-8(11-2)3-7(5-10)4-9(6)12(13)14/h3-4,11H,5,10H2,1-2H3. The highest BCUT2D eigenvalue weighted by Gasteiger charge is 2.14. The summed E-state index contributed by atoms with van der Waals surface area (Å²) in [4.78, 5) is 10.3. The van der Waals surface area contributed by atoms with Crippen LogP contribution in [0.3, 0.4) is 0 Å². The Balaban J connectivity index is 3.34. The Morgan fingerprint density at radius 3 is 2.64 bits per heavy atom. The third-order valence-electron chi connectivity index (χ3n) is 2.14. The van der Waals surface area contributed by atoms with Gasteiger partial charge in [-0.3, -0.25) is 10.1 Å². The highest BCUT2D eigenvalue weighted by molar-refractivity contribution is 5.61. The quantitative estimate of drug-likeness (QED) is 0.564. The molecule has 0 aromatic heterocycles. The molecule has 1 aromatic rings. The van der Waals surface area contributed by atoms with Crippen LogP contribution in [0.4, 0.5) is 11.4 Å². The topological polar surface area (TPSA) is 81.2 Å². The molecule has 1 rings (SSSR count). The Morgan fingerprint density at radius 2 is 2.21 bits per heavy atom. The first kappa shape index (κ1) is 10.5. The third kappa shape index (κ3) is 1.82. The van der Waals surface area contributed by atoms with Crippen molar-refractivity contribution in [2.45, 2.75) is 13.5 Å². The van der Waals surface area contributed by atoms with Crippen molar-refractivity contribution >= 4 is 11.4 Å². The van der Waals surface area contributed by atoms with E-state index in [1.54, 1.807) is 14.0 Å². The van der Waals surface area contributed by atoms with Gasteiger partial charge in [-0.1, -0.05) is 0 Å². The number of hydrogen-bond donors (Lipinski definition) is 2. The van der Waals surface area contributed by atoms with Gasteiger partial charge in [0.1, 0.15) is 0 Å². The van der Waals surface area contributed by atoms with E-state index in [2.05, 4.69) is 5.32 Å². The van der Waals surface area contributed by atoms with Crippen molar-refractivity contribution in [3.05, 3.63) is 33.4 Å². The molecule has 0 atom stereocenters. The van der Waals surface area contributed by atoms with E-state index in [-0.39, 0.29) is 5.69 Å². The number of nitrogens with one attached hydrogen (secondary N) is 1. The Morgan fingerprint density at radius 1 is 1.57 bits per heavy atom. The summed E-state index contributed by atoms with van der Waals surface area (Å²) in [5.41, 5.74) is 7.69. The molecule has 0 unspecified atom stereocenters. The van der Waals surface area contributed by atoms with Gasteiger partial charge in [0.05, 0.1) is 4.92 Å². The van der Waals surface area contributed by atoms with Crippen LogP contribution in [0.1, 0.15) is 11.1 Å². The number of nitro benzene ring substituents is 1. The van der Waals surface area contributed by atoms with Crippen LogP contribution in [0.5, 0.6) is 0 Å². The van der Waals surface area contributed by atoms with Gasteiger partial charge in [-0.05, 0) is 18.6 Å². The van der Waals surface area contributed by atoms with Crippen LogP contribution in [0, 0.1) is 17.0 Å². The molecule has 0 amide bonds. The molecule has 14 heavy (non-hydrogen) atoms. The number of anilines is 1. The molecule has 0 aliphatic heterocycles. The van der Waals surface area contributed by atoms with Gasteiger partial charge < -0.3 is 11.1 Å². The highest BCUT2D eigenvalue weighted by Crippen LogP contribution is 2.27. The second kappa shape index (κ2) is 4.06. The summed E-state index contributed by atoms with van der Waals surface area (Å²) in [6.07, 6.45) is 0. The van der Waals surface area contributed by atoms with Gasteiger partial charge in [0, 0.05) is 30.9 Å². The molecule has 5 nitrogen and oxygen atoms in total. The number of rotatable bonds is 3. The highest BCUT2D eigenvalue weighted by atomic mass is 16.6. The number of nitrogens with two attached hydrogens (primary N) is 1. The predicted molar refractivity (Wildman–Crippen MR) is 55.3 cm³/mol. The summed E-state index contributed by atoms with van der Waals surface area (Å²) >= 11 is 0. The molecule has 0 bridgehead atoms. The summed E-state index contributed by atoms with van der Waals surface area (Å²) in [6.45, 7) is 2.01. The Bertz CT molecular complexity index is 363. The molecule has 0 saturated carbocycles. The van der Waals surface area contributed by atoms with Gasteiger partial charge >= 0.3 is 0 Å². The van der Waals surface area contributed by atoms with Gasteiger partial charge in [-0.2, -0.15) is 0 Å². The smallest absolute Gasteiger partial charge is 0.274 e. The lowest BCUT2D eigenvalue weighted by Gasteiger charge is -2.07. The zero-order valence-electron chi connectivity index (χ0n) is 8.20. The van der Waals surface area contributed by atoms with Gasteiger partial charge in [0.2, 0.25) is 0 Å². The molecule has 5 heteroatoms. The first-order chi connectivity index (χ1) is 6.60. The fraction of sp³-hybridized carbons (Fsp3) is 0.333. The molecule has 0 spiro atoms. The summed E-state index contributed by atoms with van der Waals surface area (Å²) in [5.74, 6) is 0. The average Bonchev–Trinajstić information content (AvgIpc) is 2.17. The monoisotopic (exact) mass is 195 g/mol. The van der Waals surface area contributed by atoms with Crippen molar-refractivity contribution < 1.29 is 4.92 Å². The lowest BCUT2D eigenvalue weighted by Crippen LogP contribution is -2.02. The van der Waals surface area contributed by atoms with E-state index in [9.17, 15) is 10.1 Å². The van der Waals surface area contributed by atoms with Crippen molar-refractivity contribution in [1.82, 2.24) is 0 Å². The lowest BCUT2D eigenvalue weighted by atomic mass is 10.1. The van der Waals surface area contributed by atoms with Crippen molar-refractivity contribution in [2.75, 3.05) is 12.4 Å². The van der Waals surface area contributed by atoms with Crippen molar-refractivity contribution in [2.24, 2.45) is 5.73 Å². The molecule has 1 aromatic carbocycles. The maximum absolute atomic E-state index is 10.7. The van der Waals surface area contributed by atoms with Crippen molar-refractivity contribution in [3.63, 3.8) is 0 Å². The molecule has 0 heterocycles. The fourth-order valence-electron chi connectivity index (χ4n) is 1.32. The zero-order valence-corrected chi connectivity index (χ0v) is 8.20. The first-order valence-corrected chi connectivity index (χ1v) is 4.26. The molecule has 3 N–H and O–H groups in total. The van der Waals surface area contributed by atoms with Gasteiger partial charge in [-0.25, -0.2) is 0 Å². The molecular weight excluding hydrogens is 182 g/mol. The van der Waals surface area contributed by atoms with E-state index in [0.29, 0.717) is 12.1 Å². The van der Waals surface area contributed by atoms with Crippen LogP contribution >= 0.6 is 0 Å². The SMILES string of the molecule is CNc1cc(CN)cc([N+](=O)[O-])c1C. The summed E-state index contributed by atoms with van der Waals surface area (Å²) < 4.78 is 0. The van der Waals surface area contributed by atoms with Crippen LogP contribution in [0.15, 0.2) is 12.1 Å². The second-order valence-corrected chi connectivity index (χ2v) is 3.00. The van der Waals surface area contributed by atoms with Crippen LogP contribution in [0.25, 0.3) is 0 Å². The Labute approximate surface area is 82.1 Å². The third-order valence-corrected chi connectivity index (χ3v) is 2.14. The minimum absolute atomic E-state index is 0.109. The largest absolute Gasteiger partial charge is 0.388 e. The van der Waals surface area contributed by atoms with Crippen LogP contribution < -0.4 is 11.1 Å². The molecular formula is C9H13N3O2. The first-order valence-electron chi connectivity index (χ1n) is 4.26. The maximum Gasteiger partial charge on any atom is 0.274 e. The Hall–Kier alpha value is -1.62. The summed E-state index contributed by atoms with van der Waals surface area (Å²) in [7, 11) is 1.73. The van der Waals surface area contributed by atoms with E-state index < -0.39 is 4.92 Å². The molecule has 0 aliphatic carbocycles. The Kier molecular flexibility index (Phi) is 3.03. The molecule has 0 radical (unpaired) electrons. The predicted octanol–water partition coefficient (Wildman–Crippen LogP) is 1.40. The number of hydrogen-bond acceptors (Lipinski definition) is 4. The van der Waals surface area contributed by atoms with E-state index >= 15 is 0 Å². The minimum Gasteiger partial charge on any atom is -0.388 e. The van der Waals surface area contributed by atoms with Crippen LogP contribution in [0.2, 0.25) is 0 Å². The van der Waals surface area contributed by atoms with Crippen molar-refractivity contribution in [3.8, 4) is 0 Å². The van der Waals surface area contributed by atoms with E-state index in [1.165, 1.54) is 6.07 Å². The summed E-state index contributed by atoms with van der Waals surface area (Å²) in [5, 5.41) is 13.6. The van der Waals surface area contributed by atoms with Gasteiger partial charge in [0.15, 0.2) is 0 Å². The maximum atomic E-state index is 10.7. The summed E-state index contributed by atoms with van der Waals surface area (Å²) in [6, 6.07) is 3.33. The zero-order chi connectivity index (χ0) is 10.7.